The molecule has 3 N–H and O–H groups in total. The van der Waals surface area contributed by atoms with Gasteiger partial charge < -0.3 is 15.4 Å². The molecular formula is C35H45FN7O2. The first kappa shape index (κ1) is 32.3. The van der Waals surface area contributed by atoms with Crippen LogP contribution in [0.25, 0.3) is 10.9 Å². The lowest BCUT2D eigenvalue weighted by molar-refractivity contribution is -0.115. The second kappa shape index (κ2) is 13.5. The van der Waals surface area contributed by atoms with Crippen LogP contribution in [-0.4, -0.2) is 56.7 Å². The smallest absolute Gasteiger partial charge is 0.230 e. The number of H-pyrrole nitrogens is 1. The molecule has 1 aliphatic heterocycles. The van der Waals surface area contributed by atoms with E-state index >= 15 is 0 Å². The van der Waals surface area contributed by atoms with Gasteiger partial charge in [-0.3, -0.25) is 14.8 Å². The van der Waals surface area contributed by atoms with E-state index in [0.717, 1.165) is 36.2 Å². The Kier molecular flexibility index (Phi) is 9.72. The minimum absolute atomic E-state index is 0.0570. The van der Waals surface area contributed by atoms with Gasteiger partial charge in [0.2, 0.25) is 5.91 Å². The van der Waals surface area contributed by atoms with Crippen LogP contribution in [0.4, 0.5) is 21.7 Å². The fourth-order valence-corrected chi connectivity index (χ4v) is 6.81. The highest BCUT2D eigenvalue weighted by Crippen LogP contribution is 2.48. The number of amides is 1. The van der Waals surface area contributed by atoms with E-state index in [0.29, 0.717) is 35.7 Å². The molecule has 10 heteroatoms. The van der Waals surface area contributed by atoms with Crippen molar-refractivity contribution in [1.82, 2.24) is 25.1 Å². The number of hydrogen-bond acceptors (Lipinski definition) is 7. The summed E-state index contributed by atoms with van der Waals surface area (Å²) in [6.07, 6.45) is 4.99. The van der Waals surface area contributed by atoms with Gasteiger partial charge in [0.1, 0.15) is 23.7 Å². The van der Waals surface area contributed by atoms with Gasteiger partial charge in [-0.25, -0.2) is 14.4 Å². The summed E-state index contributed by atoms with van der Waals surface area (Å²) < 4.78 is 19.6. The van der Waals surface area contributed by atoms with Gasteiger partial charge in [0, 0.05) is 47.4 Å². The van der Waals surface area contributed by atoms with Crippen molar-refractivity contribution in [2.24, 2.45) is 10.8 Å². The van der Waals surface area contributed by atoms with Crippen LogP contribution in [0.2, 0.25) is 0 Å². The zero-order chi connectivity index (χ0) is 32.2. The summed E-state index contributed by atoms with van der Waals surface area (Å²) >= 11 is 0. The Morgan fingerprint density at radius 1 is 1.07 bits per heavy atom. The van der Waals surface area contributed by atoms with Crippen LogP contribution in [0.15, 0.2) is 54.9 Å². The Bertz CT molecular complexity index is 1590. The van der Waals surface area contributed by atoms with Gasteiger partial charge in [-0.15, -0.1) is 0 Å². The zero-order valence-corrected chi connectivity index (χ0v) is 27.2. The number of carbonyl (C=O) groups excluding carboxylic acids is 1. The lowest BCUT2D eigenvalue weighted by Crippen LogP contribution is -2.46. The van der Waals surface area contributed by atoms with Crippen LogP contribution in [-0.2, 0) is 11.2 Å². The molecule has 1 saturated heterocycles. The summed E-state index contributed by atoms with van der Waals surface area (Å²) in [5.74, 6) is 2.83. The van der Waals surface area contributed by atoms with E-state index in [1.54, 1.807) is 24.1 Å². The Labute approximate surface area is 265 Å². The fourth-order valence-electron chi connectivity index (χ4n) is 6.81. The number of carbonyl (C=O) groups is 1. The first-order chi connectivity index (χ1) is 21.4. The van der Waals surface area contributed by atoms with Crippen molar-refractivity contribution >= 4 is 34.1 Å². The zero-order valence-electron chi connectivity index (χ0n) is 27.2. The monoisotopic (exact) mass is 614 g/mol. The Morgan fingerprint density at radius 2 is 1.87 bits per heavy atom. The number of nitrogens with one attached hydrogen (secondary N) is 3. The molecule has 1 aliphatic rings. The Hall–Kier alpha value is -4.05. The number of nitrogens with zero attached hydrogens (tertiary/aromatic N) is 4. The Morgan fingerprint density at radius 3 is 2.62 bits per heavy atom. The minimum Gasteiger partial charge on any atom is -0.493 e. The predicted octanol–water partition coefficient (Wildman–Crippen LogP) is 7.32. The second-order valence-corrected chi connectivity index (χ2v) is 13.8. The summed E-state index contributed by atoms with van der Waals surface area (Å²) in [4.78, 5) is 23.9. The summed E-state index contributed by atoms with van der Waals surface area (Å²) in [5, 5.41) is 13.9. The van der Waals surface area contributed by atoms with Gasteiger partial charge in [-0.2, -0.15) is 5.10 Å². The van der Waals surface area contributed by atoms with Crippen LogP contribution in [0.1, 0.15) is 66.5 Å². The van der Waals surface area contributed by atoms with E-state index < -0.39 is 5.82 Å². The van der Waals surface area contributed by atoms with Crippen molar-refractivity contribution in [2.75, 3.05) is 30.3 Å². The molecular weight excluding hydrogens is 569 g/mol. The molecule has 1 fully saturated rings. The third-order valence-electron chi connectivity index (χ3n) is 8.12. The first-order valence-corrected chi connectivity index (χ1v) is 15.7. The highest BCUT2D eigenvalue weighted by molar-refractivity contribution is 5.93. The topological polar surface area (TPSA) is 108 Å². The molecule has 0 saturated carbocycles. The summed E-state index contributed by atoms with van der Waals surface area (Å²) in [6, 6.07) is 13.9. The molecule has 5 rings (SSSR count). The van der Waals surface area contributed by atoms with E-state index in [2.05, 4.69) is 77.2 Å². The maximum absolute atomic E-state index is 13.4. The third-order valence-corrected chi connectivity index (χ3v) is 8.12. The second-order valence-electron chi connectivity index (χ2n) is 13.8. The number of rotatable bonds is 11. The van der Waals surface area contributed by atoms with Crippen LogP contribution in [0.5, 0.6) is 5.75 Å². The average molecular weight is 615 g/mol. The van der Waals surface area contributed by atoms with Gasteiger partial charge in [0.25, 0.3) is 0 Å². The van der Waals surface area contributed by atoms with Gasteiger partial charge >= 0.3 is 0 Å². The molecule has 9 nitrogen and oxygen atoms in total. The van der Waals surface area contributed by atoms with Crippen LogP contribution in [0, 0.1) is 22.6 Å². The number of fused-ring (bicyclic) bond motifs is 1. The van der Waals surface area contributed by atoms with E-state index in [1.165, 1.54) is 31.3 Å². The van der Waals surface area contributed by atoms with E-state index in [-0.39, 0.29) is 23.2 Å². The number of likely N-dealkylation sites (tertiary alicyclic amines) is 1. The van der Waals surface area contributed by atoms with Crippen molar-refractivity contribution in [3.63, 3.8) is 0 Å². The van der Waals surface area contributed by atoms with Crippen molar-refractivity contribution < 1.29 is 13.9 Å². The molecule has 2 aromatic heterocycles. The van der Waals surface area contributed by atoms with Crippen molar-refractivity contribution in [2.45, 2.75) is 73.3 Å². The van der Waals surface area contributed by atoms with E-state index in [4.69, 9.17) is 4.74 Å². The number of benzene rings is 2. The normalized spacial score (nSPS) is 16.0. The van der Waals surface area contributed by atoms with Crippen LogP contribution < -0.4 is 15.4 Å². The SMILES string of the molecule is CC(C)(C)[C]([C@H]1CCCN1CCCOc1ccc2c(Nc3cc(CC(=O)Nc4cccc(F)c4)[nH]n3)ncnc2c1)C(C)(C)C. The molecule has 0 spiro atoms. The molecule has 3 heterocycles. The summed E-state index contributed by atoms with van der Waals surface area (Å²) in [5.41, 5.74) is 2.10. The molecule has 0 unspecified atom stereocenters. The van der Waals surface area contributed by atoms with Gasteiger partial charge in [-0.05, 0) is 67.0 Å². The van der Waals surface area contributed by atoms with Crippen molar-refractivity contribution in [1.29, 1.82) is 0 Å². The summed E-state index contributed by atoms with van der Waals surface area (Å²) in [7, 11) is 0. The number of aromatic nitrogens is 4. The van der Waals surface area contributed by atoms with E-state index in [1.807, 2.05) is 18.2 Å². The molecule has 239 valence electrons. The molecule has 0 bridgehead atoms. The van der Waals surface area contributed by atoms with Crippen LogP contribution >= 0.6 is 0 Å². The Balaban J connectivity index is 1.15. The average Bonchev–Trinajstić information content (AvgIpc) is 3.58. The van der Waals surface area contributed by atoms with Crippen molar-refractivity contribution in [3.8, 4) is 5.75 Å². The molecule has 1 atom stereocenters. The fraction of sp³-hybridized carbons (Fsp3) is 0.457. The number of hydrogen-bond donors (Lipinski definition) is 3. The summed E-state index contributed by atoms with van der Waals surface area (Å²) in [6.45, 7) is 16.9. The third kappa shape index (κ3) is 8.36. The number of aromatic amines is 1. The lowest BCUT2D eigenvalue weighted by Gasteiger charge is -2.46. The highest BCUT2D eigenvalue weighted by atomic mass is 19.1. The molecule has 2 aromatic carbocycles. The van der Waals surface area contributed by atoms with E-state index in [9.17, 15) is 9.18 Å². The largest absolute Gasteiger partial charge is 0.493 e. The molecule has 0 aliphatic carbocycles. The maximum Gasteiger partial charge on any atom is 0.230 e. The minimum atomic E-state index is -0.410. The highest BCUT2D eigenvalue weighted by Gasteiger charge is 2.44. The molecule has 4 aromatic rings. The molecule has 1 amide bonds. The first-order valence-electron chi connectivity index (χ1n) is 15.7. The molecule has 45 heavy (non-hydrogen) atoms. The number of anilines is 3. The maximum atomic E-state index is 13.4. The lowest BCUT2D eigenvalue weighted by atomic mass is 9.63. The number of ether oxygens (including phenoxy) is 1. The van der Waals surface area contributed by atoms with Crippen molar-refractivity contribution in [3.05, 3.63) is 72.3 Å². The molecule has 1 radical (unpaired) electrons. The van der Waals surface area contributed by atoms with Gasteiger partial charge in [-0.1, -0.05) is 47.6 Å². The van der Waals surface area contributed by atoms with Gasteiger partial charge in [0.15, 0.2) is 5.82 Å². The van der Waals surface area contributed by atoms with Gasteiger partial charge in [0.05, 0.1) is 18.5 Å². The quantitative estimate of drug-likeness (QED) is 0.152. The predicted molar refractivity (Wildman–Crippen MR) is 177 cm³/mol. The standard InChI is InChI=1S/C35H45FN7O2/c1-34(2,3)32(35(4,5)6)29-12-8-15-43(29)16-9-17-45-26-13-14-27-28(21-26)37-22-38-33(27)40-30-19-25(41-42-30)20-31(44)39-24-11-7-10-23(36)18-24/h7,10-11,13-14,18-19,21-22,29H,8-9,12,15-17,20H2,1-6H3,(H,39,44)(H2,37,38,40,41,42)/t29-/m1/s1. The number of halogens is 1. The van der Waals surface area contributed by atoms with Crippen LogP contribution in [0.3, 0.4) is 0 Å².